The highest BCUT2D eigenvalue weighted by atomic mass is 14.3. The molecular weight excluding hydrogens is 444 g/mol. The van der Waals surface area contributed by atoms with Gasteiger partial charge in [0.25, 0.3) is 0 Å². The molecule has 0 nitrogen and oxygen atoms in total. The predicted molar refractivity (Wildman–Crippen MR) is 170 cm³/mol. The van der Waals surface area contributed by atoms with Crippen molar-refractivity contribution in [1.29, 1.82) is 0 Å². The molecule has 1 aromatic carbocycles. The Morgan fingerprint density at radius 2 is 0.595 bits per heavy atom. The normalized spacial score (nSPS) is 11.5. The van der Waals surface area contributed by atoms with Gasteiger partial charge in [-0.1, -0.05) is 125 Å². The third-order valence-corrected chi connectivity index (χ3v) is 8.42. The summed E-state index contributed by atoms with van der Waals surface area (Å²) in [6.07, 6.45) is 35.0. The lowest BCUT2D eigenvalue weighted by Crippen LogP contribution is -2.15. The zero-order valence-electron chi connectivity index (χ0n) is 26.5. The van der Waals surface area contributed by atoms with E-state index < -0.39 is 0 Å². The van der Waals surface area contributed by atoms with Gasteiger partial charge in [-0.2, -0.15) is 0 Å². The third kappa shape index (κ3) is 13.2. The SMILES string of the molecule is CCCCC[CH]c1c(CCCCC)c(CCCCC)c(CCCCC)c(CCCCC)c1CCCCC. The van der Waals surface area contributed by atoms with Crippen molar-refractivity contribution >= 4 is 0 Å². The molecule has 0 fully saturated rings. The fraction of sp³-hybridized carbons (Fsp3) is 0.811. The van der Waals surface area contributed by atoms with Crippen LogP contribution in [-0.4, -0.2) is 0 Å². The summed E-state index contributed by atoms with van der Waals surface area (Å²) < 4.78 is 0. The van der Waals surface area contributed by atoms with E-state index in [0.29, 0.717) is 0 Å². The van der Waals surface area contributed by atoms with Crippen molar-refractivity contribution in [3.8, 4) is 0 Å². The van der Waals surface area contributed by atoms with Gasteiger partial charge in [0.1, 0.15) is 0 Å². The van der Waals surface area contributed by atoms with Gasteiger partial charge in [0, 0.05) is 0 Å². The number of hydrogen-bond acceptors (Lipinski definition) is 0. The largest absolute Gasteiger partial charge is 0.0654 e. The van der Waals surface area contributed by atoms with Crippen LogP contribution in [0.25, 0.3) is 0 Å². The lowest BCUT2D eigenvalue weighted by atomic mass is 9.77. The smallest absolute Gasteiger partial charge is 0.00872 e. The monoisotopic (exact) mass is 512 g/mol. The molecule has 0 aliphatic heterocycles. The molecule has 0 saturated heterocycles. The van der Waals surface area contributed by atoms with Gasteiger partial charge < -0.3 is 0 Å². The highest BCUT2D eigenvalue weighted by Crippen LogP contribution is 2.36. The van der Waals surface area contributed by atoms with Crippen LogP contribution in [0.3, 0.4) is 0 Å². The van der Waals surface area contributed by atoms with Gasteiger partial charge in [-0.05, 0) is 110 Å². The van der Waals surface area contributed by atoms with Crippen LogP contribution in [-0.2, 0) is 32.1 Å². The lowest BCUT2D eigenvalue weighted by Gasteiger charge is -2.28. The first kappa shape index (κ1) is 34.2. The molecule has 0 aliphatic carbocycles. The van der Waals surface area contributed by atoms with Crippen molar-refractivity contribution in [2.45, 2.75) is 196 Å². The van der Waals surface area contributed by atoms with E-state index in [1.807, 2.05) is 16.7 Å². The van der Waals surface area contributed by atoms with Crippen molar-refractivity contribution in [2.24, 2.45) is 0 Å². The molecule has 0 bridgehead atoms. The second kappa shape index (κ2) is 23.1. The number of rotatable bonds is 25. The maximum Gasteiger partial charge on any atom is -0.00872 e. The first-order valence-electron chi connectivity index (χ1n) is 17.2. The molecule has 1 radical (unpaired) electrons. The van der Waals surface area contributed by atoms with Gasteiger partial charge in [0.05, 0.1) is 0 Å². The molecule has 0 aliphatic rings. The minimum Gasteiger partial charge on any atom is -0.0654 e. The minimum atomic E-state index is 1.27. The van der Waals surface area contributed by atoms with Crippen LogP contribution >= 0.6 is 0 Å². The van der Waals surface area contributed by atoms with Crippen molar-refractivity contribution in [2.75, 3.05) is 0 Å². The van der Waals surface area contributed by atoms with Gasteiger partial charge in [-0.25, -0.2) is 0 Å². The maximum absolute atomic E-state index is 2.74. The Bertz CT molecular complexity index is 622. The summed E-state index contributed by atoms with van der Waals surface area (Å²) in [5.41, 5.74) is 10.8. The Morgan fingerprint density at radius 3 is 0.919 bits per heavy atom. The summed E-state index contributed by atoms with van der Waals surface area (Å²) >= 11 is 0. The second-order valence-electron chi connectivity index (χ2n) is 11.8. The Kier molecular flexibility index (Phi) is 21.4. The molecule has 37 heavy (non-hydrogen) atoms. The van der Waals surface area contributed by atoms with Crippen LogP contribution in [0.5, 0.6) is 0 Å². The van der Waals surface area contributed by atoms with Gasteiger partial charge >= 0.3 is 0 Å². The Labute approximate surface area is 235 Å². The molecule has 0 atom stereocenters. The van der Waals surface area contributed by atoms with Crippen LogP contribution in [0.1, 0.15) is 197 Å². The zero-order valence-corrected chi connectivity index (χ0v) is 26.5. The Balaban J connectivity index is 3.73. The van der Waals surface area contributed by atoms with Crippen molar-refractivity contribution in [3.05, 3.63) is 39.8 Å². The predicted octanol–water partition coefficient (Wildman–Crippen LogP) is 12.5. The number of unbranched alkanes of at least 4 members (excludes halogenated alkanes) is 13. The van der Waals surface area contributed by atoms with Crippen molar-refractivity contribution in [3.63, 3.8) is 0 Å². The summed E-state index contributed by atoms with van der Waals surface area (Å²) in [5.74, 6) is 0. The molecular formula is C37H67. The molecule has 0 unspecified atom stereocenters. The van der Waals surface area contributed by atoms with Crippen LogP contribution < -0.4 is 0 Å². The molecule has 1 rings (SSSR count). The van der Waals surface area contributed by atoms with E-state index in [-0.39, 0.29) is 0 Å². The first-order valence-corrected chi connectivity index (χ1v) is 17.2. The second-order valence-corrected chi connectivity index (χ2v) is 11.8. The summed E-state index contributed by atoms with van der Waals surface area (Å²) in [5, 5.41) is 0. The van der Waals surface area contributed by atoms with E-state index in [2.05, 4.69) is 48.0 Å². The molecule has 215 valence electrons. The van der Waals surface area contributed by atoms with E-state index >= 15 is 0 Å². The van der Waals surface area contributed by atoms with Crippen LogP contribution in [0.2, 0.25) is 0 Å². The van der Waals surface area contributed by atoms with Crippen molar-refractivity contribution < 1.29 is 0 Å². The highest BCUT2D eigenvalue weighted by molar-refractivity contribution is 5.55. The van der Waals surface area contributed by atoms with Crippen LogP contribution in [0.4, 0.5) is 0 Å². The standard InChI is InChI=1S/C37H67/c1-7-13-19-25-31-37-35(29-23-17-11-5)33(27-21-15-9-3)32(26-20-14-8-2)34(28-22-16-10-4)36(37)30-24-18-12-6/h31H,7-30H2,1-6H3. The molecule has 0 spiro atoms. The van der Waals surface area contributed by atoms with E-state index in [4.69, 9.17) is 0 Å². The molecule has 0 saturated carbocycles. The van der Waals surface area contributed by atoms with Gasteiger partial charge in [0.15, 0.2) is 0 Å². The molecule has 0 heterocycles. The minimum absolute atomic E-state index is 1.27. The first-order chi connectivity index (χ1) is 18.2. The number of hydrogen-bond donors (Lipinski definition) is 0. The molecule has 0 amide bonds. The summed E-state index contributed by atoms with van der Waals surface area (Å²) in [6.45, 7) is 14.2. The lowest BCUT2D eigenvalue weighted by molar-refractivity contribution is 0.650. The van der Waals surface area contributed by atoms with Gasteiger partial charge in [-0.3, -0.25) is 0 Å². The summed E-state index contributed by atoms with van der Waals surface area (Å²) in [4.78, 5) is 0. The Morgan fingerprint density at radius 1 is 0.324 bits per heavy atom. The average Bonchev–Trinajstić information content (AvgIpc) is 2.90. The summed E-state index contributed by atoms with van der Waals surface area (Å²) in [7, 11) is 0. The third-order valence-electron chi connectivity index (χ3n) is 8.42. The zero-order chi connectivity index (χ0) is 27.1. The molecule has 0 heteroatoms. The fourth-order valence-corrected chi connectivity index (χ4v) is 6.18. The van der Waals surface area contributed by atoms with Gasteiger partial charge in [-0.15, -0.1) is 0 Å². The molecule has 0 N–H and O–H groups in total. The van der Waals surface area contributed by atoms with Crippen molar-refractivity contribution in [1.82, 2.24) is 0 Å². The molecule has 0 aromatic heterocycles. The highest BCUT2D eigenvalue weighted by Gasteiger charge is 2.22. The van der Waals surface area contributed by atoms with E-state index in [1.165, 1.54) is 154 Å². The summed E-state index contributed by atoms with van der Waals surface area (Å²) in [6, 6.07) is 0. The van der Waals surface area contributed by atoms with Crippen LogP contribution in [0.15, 0.2) is 0 Å². The van der Waals surface area contributed by atoms with Crippen LogP contribution in [0, 0.1) is 6.42 Å². The maximum atomic E-state index is 2.74. The van der Waals surface area contributed by atoms with E-state index in [0.717, 1.165) is 0 Å². The Hall–Kier alpha value is -0.780. The van der Waals surface area contributed by atoms with Gasteiger partial charge in [0.2, 0.25) is 0 Å². The quantitative estimate of drug-likeness (QED) is 0.114. The fourth-order valence-electron chi connectivity index (χ4n) is 6.18. The number of benzene rings is 1. The topological polar surface area (TPSA) is 0 Å². The van der Waals surface area contributed by atoms with E-state index in [9.17, 15) is 0 Å². The average molecular weight is 512 g/mol. The molecule has 1 aromatic rings. The van der Waals surface area contributed by atoms with E-state index in [1.54, 1.807) is 16.7 Å².